The van der Waals surface area contributed by atoms with Crippen LogP contribution in [0.5, 0.6) is 0 Å². The van der Waals surface area contributed by atoms with Gasteiger partial charge in [0, 0.05) is 0 Å². The molecule has 46 heavy (non-hydrogen) atoms. The molecule has 0 saturated carbocycles. The fourth-order valence-corrected chi connectivity index (χ4v) is 6.34. The first-order valence-corrected chi connectivity index (χ1v) is 21.7. The maximum atomic E-state index is 9.45. The summed E-state index contributed by atoms with van der Waals surface area (Å²) in [5.41, 5.74) is 0. The van der Waals surface area contributed by atoms with Crippen molar-refractivity contribution in [2.75, 3.05) is 27.2 Å². The summed E-state index contributed by atoms with van der Waals surface area (Å²) in [5.74, 6) is 0. The molecule has 0 rings (SSSR count). The van der Waals surface area contributed by atoms with E-state index in [4.69, 9.17) is 0 Å². The Balaban J connectivity index is 0. The molecule has 6 heteroatoms. The first-order valence-electron chi connectivity index (χ1n) is 20.4. The summed E-state index contributed by atoms with van der Waals surface area (Å²) in [6, 6.07) is 0. The number of rotatable bonds is 36. The summed E-state index contributed by atoms with van der Waals surface area (Å²) >= 11 is 0. The minimum absolute atomic E-state index is 0.0914. The van der Waals surface area contributed by atoms with Gasteiger partial charge < -0.3 is 9.45 Å². The van der Waals surface area contributed by atoms with Crippen LogP contribution in [-0.4, -0.2) is 40.2 Å². The number of hydrogen-bond donors (Lipinski definition) is 1. The van der Waals surface area contributed by atoms with Gasteiger partial charge >= 0.3 is 0 Å². The van der Waals surface area contributed by atoms with E-state index in [2.05, 4.69) is 37.4 Å². The van der Waals surface area contributed by atoms with Crippen LogP contribution in [0.3, 0.4) is 0 Å². The lowest BCUT2D eigenvalue weighted by Gasteiger charge is -2.06. The van der Waals surface area contributed by atoms with E-state index in [9.17, 15) is 13.0 Å². The Bertz CT molecular complexity index is 681. The van der Waals surface area contributed by atoms with Gasteiger partial charge in [0.15, 0.2) is 0 Å². The highest BCUT2D eigenvalue weighted by atomic mass is 32.3. The van der Waals surface area contributed by atoms with Gasteiger partial charge in [0.05, 0.1) is 27.2 Å². The van der Waals surface area contributed by atoms with Crippen molar-refractivity contribution in [2.24, 2.45) is 0 Å². The smallest absolute Gasteiger partial charge is 0.217 e. The zero-order valence-electron chi connectivity index (χ0n) is 31.7. The molecule has 5 nitrogen and oxygen atoms in total. The molecule has 0 unspecified atom stereocenters. The molecule has 0 spiro atoms. The summed E-state index contributed by atoms with van der Waals surface area (Å²) < 4.78 is 32.0. The highest BCUT2D eigenvalue weighted by Gasteiger charge is 1.97. The molecule has 278 valence electrons. The maximum Gasteiger partial charge on any atom is 0.217 e. The van der Waals surface area contributed by atoms with Gasteiger partial charge in [0.1, 0.15) is 0 Å². The Morgan fingerprint density at radius 2 is 0.717 bits per heavy atom. The average molecular weight is 674 g/mol. The topological polar surface area (TPSA) is 70.9 Å². The van der Waals surface area contributed by atoms with Crippen LogP contribution in [0.1, 0.15) is 219 Å². The molecule has 0 aliphatic carbocycles. The van der Waals surface area contributed by atoms with E-state index in [0.29, 0.717) is 0 Å². The van der Waals surface area contributed by atoms with E-state index in [-0.39, 0.29) is 6.61 Å². The first kappa shape index (κ1) is 47.7. The summed E-state index contributed by atoms with van der Waals surface area (Å²) in [5, 5.41) is 0. The molecule has 0 atom stereocenters. The van der Waals surface area contributed by atoms with Crippen molar-refractivity contribution < 1.29 is 22.1 Å². The zero-order valence-corrected chi connectivity index (χ0v) is 32.6. The number of quaternary nitrogens is 1. The van der Waals surface area contributed by atoms with Gasteiger partial charge in [0.2, 0.25) is 10.4 Å². The molecule has 0 aromatic heterocycles. The van der Waals surface area contributed by atoms with E-state index in [1.807, 2.05) is 0 Å². The summed E-state index contributed by atoms with van der Waals surface area (Å²) in [6.07, 6.45) is 51.4. The van der Waals surface area contributed by atoms with E-state index >= 15 is 0 Å². The standard InChI is InChI=1S/C38H77N.C2H6O4S/c1-4-5-6-7-8-9-10-11-12-13-14-15-16-17-18-19-20-21-22-23-24-25-26-27-28-29-30-31-32-33-34-35-36-37-38-39(2)3;1-2-6-7(3,4)5/h11-12H,4-10,13-38H2,1-3H3;2H2,1H3,(H,3,4,5)/b12-11-;. The predicted molar refractivity (Wildman–Crippen MR) is 202 cm³/mol. The van der Waals surface area contributed by atoms with Gasteiger partial charge in [-0.05, 0) is 45.4 Å². The lowest BCUT2D eigenvalue weighted by molar-refractivity contribution is -0.858. The van der Waals surface area contributed by atoms with Crippen LogP contribution in [0.15, 0.2) is 12.2 Å². The van der Waals surface area contributed by atoms with Crippen LogP contribution in [0.4, 0.5) is 0 Å². The minimum Gasteiger partial charge on any atom is -0.726 e. The molecule has 0 fully saturated rings. The predicted octanol–water partition coefficient (Wildman–Crippen LogP) is 11.7. The van der Waals surface area contributed by atoms with Crippen molar-refractivity contribution in [2.45, 2.75) is 219 Å². The molecule has 1 N–H and O–H groups in total. The maximum absolute atomic E-state index is 9.45. The van der Waals surface area contributed by atoms with Gasteiger partial charge in [-0.2, -0.15) is 0 Å². The van der Waals surface area contributed by atoms with Gasteiger partial charge in [0.25, 0.3) is 0 Å². The molecular weight excluding hydrogens is 591 g/mol. The third kappa shape index (κ3) is 50.4. The van der Waals surface area contributed by atoms with Crippen LogP contribution >= 0.6 is 0 Å². The van der Waals surface area contributed by atoms with Crippen molar-refractivity contribution in [3.63, 3.8) is 0 Å². The Labute approximate surface area is 290 Å². The van der Waals surface area contributed by atoms with Crippen LogP contribution in [0, 0.1) is 0 Å². The lowest BCUT2D eigenvalue weighted by Crippen LogP contribution is -3.05. The molecule has 0 amide bonds. The second-order valence-corrected chi connectivity index (χ2v) is 15.1. The zero-order chi connectivity index (χ0) is 34.2. The second kappa shape index (κ2) is 40.7. The van der Waals surface area contributed by atoms with Gasteiger partial charge in [-0.25, -0.2) is 8.42 Å². The van der Waals surface area contributed by atoms with Crippen molar-refractivity contribution in [1.82, 2.24) is 0 Å². The van der Waals surface area contributed by atoms with Gasteiger partial charge in [-0.15, -0.1) is 0 Å². The molecule has 0 aromatic rings. The average Bonchev–Trinajstić information content (AvgIpc) is 3.01. The van der Waals surface area contributed by atoms with Gasteiger partial charge in [-0.1, -0.05) is 186 Å². The fourth-order valence-electron chi connectivity index (χ4n) is 6.05. The molecule has 0 aromatic carbocycles. The van der Waals surface area contributed by atoms with Crippen LogP contribution in [0.25, 0.3) is 0 Å². The normalized spacial score (nSPS) is 11.9. The van der Waals surface area contributed by atoms with E-state index in [0.717, 1.165) is 0 Å². The van der Waals surface area contributed by atoms with E-state index < -0.39 is 10.4 Å². The quantitative estimate of drug-likeness (QED) is 0.0311. The third-order valence-corrected chi connectivity index (χ3v) is 9.48. The molecule has 0 bridgehead atoms. The fraction of sp³-hybridized carbons (Fsp3) is 0.950. The van der Waals surface area contributed by atoms with Crippen LogP contribution in [0.2, 0.25) is 0 Å². The van der Waals surface area contributed by atoms with Crippen molar-refractivity contribution >= 4 is 10.4 Å². The third-order valence-electron chi connectivity index (χ3n) is 8.95. The molecule has 0 radical (unpaired) electrons. The Hall–Kier alpha value is -0.430. The highest BCUT2D eigenvalue weighted by molar-refractivity contribution is 7.80. The van der Waals surface area contributed by atoms with Crippen molar-refractivity contribution in [3.05, 3.63) is 12.2 Å². The Kier molecular flexibility index (Phi) is 42.2. The Morgan fingerprint density at radius 1 is 0.457 bits per heavy atom. The molecular formula is C40H83NO4S. The minimum atomic E-state index is -4.42. The number of hydrogen-bond acceptors (Lipinski definition) is 4. The number of allylic oxidation sites excluding steroid dienone is 2. The lowest BCUT2D eigenvalue weighted by atomic mass is 10.0. The van der Waals surface area contributed by atoms with E-state index in [1.165, 1.54) is 219 Å². The first-order chi connectivity index (χ1) is 22.3. The molecule has 0 saturated heterocycles. The number of unbranched alkanes of at least 4 members (excludes halogenated alkanes) is 30. The monoisotopic (exact) mass is 674 g/mol. The Morgan fingerprint density at radius 3 is 0.935 bits per heavy atom. The molecule has 0 aliphatic heterocycles. The summed E-state index contributed by atoms with van der Waals surface area (Å²) in [4.78, 5) is 1.60. The van der Waals surface area contributed by atoms with Crippen LogP contribution < -0.4 is 4.90 Å². The molecule has 0 aliphatic rings. The van der Waals surface area contributed by atoms with E-state index in [1.54, 1.807) is 4.90 Å². The SMILES string of the molecule is CCCCCCCC/C=C\CCCCCCCCCCCCCCCCCCCCCCCCCC[NH+](C)C.CCOS(=O)(=O)[O-]. The van der Waals surface area contributed by atoms with Crippen molar-refractivity contribution in [3.8, 4) is 0 Å². The largest absolute Gasteiger partial charge is 0.726 e. The highest BCUT2D eigenvalue weighted by Crippen LogP contribution is 2.16. The summed E-state index contributed by atoms with van der Waals surface area (Å²) in [7, 11) is 0.108. The van der Waals surface area contributed by atoms with Gasteiger partial charge in [-0.3, -0.25) is 4.18 Å². The number of nitrogens with one attached hydrogen (secondary N) is 1. The summed E-state index contributed by atoms with van der Waals surface area (Å²) in [6.45, 7) is 4.98. The van der Waals surface area contributed by atoms with Crippen molar-refractivity contribution in [1.29, 1.82) is 0 Å². The second-order valence-electron chi connectivity index (χ2n) is 14.1. The van der Waals surface area contributed by atoms with Crippen LogP contribution in [-0.2, 0) is 14.6 Å². The molecule has 0 heterocycles.